The van der Waals surface area contributed by atoms with Crippen LogP contribution in [0.1, 0.15) is 17.3 Å². The van der Waals surface area contributed by atoms with Gasteiger partial charge < -0.3 is 15.8 Å². The largest absolute Gasteiger partial charge is 0.462 e. The lowest BCUT2D eigenvalue weighted by Gasteiger charge is -2.10. The third-order valence-corrected chi connectivity index (χ3v) is 4.15. The van der Waals surface area contributed by atoms with E-state index in [4.69, 9.17) is 10.5 Å². The van der Waals surface area contributed by atoms with Crippen molar-refractivity contribution in [2.75, 3.05) is 17.7 Å². The van der Waals surface area contributed by atoms with Gasteiger partial charge in [-0.1, -0.05) is 30.3 Å². The predicted molar refractivity (Wildman–Crippen MR) is 111 cm³/mol. The Bertz CT molecular complexity index is 1160. The Kier molecular flexibility index (Phi) is 4.98. The van der Waals surface area contributed by atoms with Gasteiger partial charge in [0.1, 0.15) is 0 Å². The van der Waals surface area contributed by atoms with Crippen LogP contribution in [0.5, 0.6) is 0 Å². The molecule has 0 aliphatic carbocycles. The Morgan fingerprint density at radius 1 is 1.03 bits per heavy atom. The van der Waals surface area contributed by atoms with Crippen molar-refractivity contribution in [1.82, 2.24) is 19.9 Å². The van der Waals surface area contributed by atoms with E-state index in [1.165, 1.54) is 0 Å². The van der Waals surface area contributed by atoms with Crippen molar-refractivity contribution in [2.24, 2.45) is 0 Å². The lowest BCUT2D eigenvalue weighted by molar-refractivity contribution is 0.0526. The van der Waals surface area contributed by atoms with Crippen LogP contribution in [0.15, 0.2) is 60.8 Å². The van der Waals surface area contributed by atoms with Gasteiger partial charge in [0.05, 0.1) is 24.1 Å². The van der Waals surface area contributed by atoms with Gasteiger partial charge in [-0.15, -0.1) is 0 Å². The lowest BCUT2D eigenvalue weighted by atomic mass is 10.1. The van der Waals surface area contributed by atoms with Crippen LogP contribution in [-0.2, 0) is 4.74 Å². The summed E-state index contributed by atoms with van der Waals surface area (Å²) in [5.74, 6) is 0.153. The number of nitrogens with two attached hydrogens (primary N) is 1. The maximum absolute atomic E-state index is 11.8. The van der Waals surface area contributed by atoms with E-state index in [0.717, 1.165) is 5.56 Å². The molecule has 2 aromatic carbocycles. The number of carbonyl (C=O) groups is 1. The van der Waals surface area contributed by atoms with E-state index in [-0.39, 0.29) is 11.9 Å². The fourth-order valence-electron chi connectivity index (χ4n) is 2.80. The molecule has 0 bridgehead atoms. The highest BCUT2D eigenvalue weighted by molar-refractivity contribution is 5.91. The maximum Gasteiger partial charge on any atom is 0.338 e. The Morgan fingerprint density at radius 2 is 1.79 bits per heavy atom. The second-order valence-electron chi connectivity index (χ2n) is 6.15. The van der Waals surface area contributed by atoms with Crippen molar-refractivity contribution in [2.45, 2.75) is 6.92 Å². The summed E-state index contributed by atoms with van der Waals surface area (Å²) in [5, 5.41) is 3.18. The minimum atomic E-state index is -0.367. The summed E-state index contributed by atoms with van der Waals surface area (Å²) in [6.45, 7) is 2.09. The van der Waals surface area contributed by atoms with E-state index < -0.39 is 0 Å². The molecule has 0 aliphatic rings. The Balaban J connectivity index is 1.70. The zero-order chi connectivity index (χ0) is 20.2. The lowest BCUT2D eigenvalue weighted by Crippen LogP contribution is -2.06. The predicted octanol–water partition coefficient (Wildman–Crippen LogP) is 3.59. The van der Waals surface area contributed by atoms with Gasteiger partial charge in [-0.3, -0.25) is 0 Å². The number of hydrogen-bond donors (Lipinski definition) is 2. The number of nitrogen functional groups attached to an aromatic ring is 1. The second kappa shape index (κ2) is 7.89. The van der Waals surface area contributed by atoms with Crippen molar-refractivity contribution >= 4 is 34.6 Å². The molecule has 8 nitrogen and oxygen atoms in total. The van der Waals surface area contributed by atoms with Crippen molar-refractivity contribution in [1.29, 1.82) is 0 Å². The van der Waals surface area contributed by atoms with E-state index in [0.29, 0.717) is 40.5 Å². The van der Waals surface area contributed by atoms with Gasteiger partial charge in [-0.05, 0) is 31.2 Å². The van der Waals surface area contributed by atoms with E-state index >= 15 is 0 Å². The van der Waals surface area contributed by atoms with Gasteiger partial charge in [-0.25, -0.2) is 14.8 Å². The quantitative estimate of drug-likeness (QED) is 0.500. The SMILES string of the molecule is CCOC(=O)c1ccc(Nc2nc(N)nc3ncc(-c4ccccc4)nc23)cc1. The molecule has 4 rings (SSSR count). The highest BCUT2D eigenvalue weighted by atomic mass is 16.5. The van der Waals surface area contributed by atoms with E-state index in [2.05, 4.69) is 25.3 Å². The van der Waals surface area contributed by atoms with E-state index in [9.17, 15) is 4.79 Å². The number of ether oxygens (including phenoxy) is 1. The summed E-state index contributed by atoms with van der Waals surface area (Å²) < 4.78 is 5.00. The van der Waals surface area contributed by atoms with Gasteiger partial charge in [0.25, 0.3) is 0 Å². The van der Waals surface area contributed by atoms with Crippen molar-refractivity contribution < 1.29 is 9.53 Å². The summed E-state index contributed by atoms with van der Waals surface area (Å²) in [6.07, 6.45) is 1.65. The van der Waals surface area contributed by atoms with Gasteiger partial charge in [-0.2, -0.15) is 9.97 Å². The zero-order valence-corrected chi connectivity index (χ0v) is 15.7. The molecule has 0 amide bonds. The van der Waals surface area contributed by atoms with Gasteiger partial charge in [0.15, 0.2) is 17.0 Å². The standard InChI is InChI=1S/C21H18N6O2/c1-2-29-20(28)14-8-10-15(11-9-14)24-19-17-18(26-21(22)27-19)23-12-16(25-17)13-6-4-3-5-7-13/h3-12H,2H2,1H3,(H3,22,23,24,26,27). The monoisotopic (exact) mass is 386 g/mol. The molecular formula is C21H18N6O2. The number of fused-ring (bicyclic) bond motifs is 1. The van der Waals surface area contributed by atoms with Crippen LogP contribution in [0.3, 0.4) is 0 Å². The Hall–Kier alpha value is -4.07. The molecule has 0 spiro atoms. The van der Waals surface area contributed by atoms with Crippen LogP contribution in [0.25, 0.3) is 22.4 Å². The average molecular weight is 386 g/mol. The summed E-state index contributed by atoms with van der Waals surface area (Å²) in [4.78, 5) is 29.3. The fourth-order valence-corrected chi connectivity index (χ4v) is 2.80. The number of nitrogens with one attached hydrogen (secondary N) is 1. The molecule has 0 fully saturated rings. The van der Waals surface area contributed by atoms with Crippen molar-refractivity contribution in [3.05, 3.63) is 66.4 Å². The molecule has 144 valence electrons. The van der Waals surface area contributed by atoms with Crippen LogP contribution in [0.4, 0.5) is 17.5 Å². The van der Waals surface area contributed by atoms with Crippen molar-refractivity contribution in [3.63, 3.8) is 0 Å². The number of esters is 1. The topological polar surface area (TPSA) is 116 Å². The van der Waals surface area contributed by atoms with E-state index in [1.54, 1.807) is 37.4 Å². The molecule has 2 heterocycles. The second-order valence-corrected chi connectivity index (χ2v) is 6.15. The van der Waals surface area contributed by atoms with Gasteiger partial charge in [0.2, 0.25) is 5.95 Å². The molecule has 4 aromatic rings. The van der Waals surface area contributed by atoms with Crippen LogP contribution < -0.4 is 11.1 Å². The summed E-state index contributed by atoms with van der Waals surface area (Å²) in [7, 11) is 0. The summed E-state index contributed by atoms with van der Waals surface area (Å²) in [6, 6.07) is 16.6. The summed E-state index contributed by atoms with van der Waals surface area (Å²) in [5.41, 5.74) is 9.54. The molecule has 2 aromatic heterocycles. The molecule has 0 unspecified atom stereocenters. The molecule has 0 atom stereocenters. The minimum absolute atomic E-state index is 0.0879. The first kappa shape index (κ1) is 18.3. The van der Waals surface area contributed by atoms with E-state index in [1.807, 2.05) is 30.3 Å². The van der Waals surface area contributed by atoms with Gasteiger partial charge in [0, 0.05) is 11.3 Å². The number of carbonyl (C=O) groups excluding carboxylic acids is 1. The fraction of sp³-hybridized carbons (Fsp3) is 0.0952. The third-order valence-electron chi connectivity index (χ3n) is 4.15. The summed E-state index contributed by atoms with van der Waals surface area (Å²) >= 11 is 0. The molecule has 0 saturated carbocycles. The Morgan fingerprint density at radius 3 is 2.52 bits per heavy atom. The molecule has 0 aliphatic heterocycles. The van der Waals surface area contributed by atoms with Crippen LogP contribution in [0.2, 0.25) is 0 Å². The highest BCUT2D eigenvalue weighted by Crippen LogP contribution is 2.25. The van der Waals surface area contributed by atoms with Crippen LogP contribution in [0, 0.1) is 0 Å². The molecule has 0 radical (unpaired) electrons. The Labute approximate surface area is 166 Å². The smallest absolute Gasteiger partial charge is 0.338 e. The zero-order valence-electron chi connectivity index (χ0n) is 15.7. The molecule has 3 N–H and O–H groups in total. The number of rotatable bonds is 5. The number of anilines is 3. The molecule has 0 saturated heterocycles. The van der Waals surface area contributed by atoms with Gasteiger partial charge >= 0.3 is 5.97 Å². The first-order valence-corrected chi connectivity index (χ1v) is 9.04. The first-order valence-electron chi connectivity index (χ1n) is 9.04. The molecule has 8 heteroatoms. The molecule has 29 heavy (non-hydrogen) atoms. The number of hydrogen-bond acceptors (Lipinski definition) is 8. The third kappa shape index (κ3) is 3.96. The average Bonchev–Trinajstić information content (AvgIpc) is 2.75. The van der Waals surface area contributed by atoms with Crippen molar-refractivity contribution in [3.8, 4) is 11.3 Å². The number of nitrogens with zero attached hydrogens (tertiary/aromatic N) is 4. The maximum atomic E-state index is 11.8. The normalized spacial score (nSPS) is 10.7. The first-order chi connectivity index (χ1) is 14.1. The minimum Gasteiger partial charge on any atom is -0.462 e. The number of benzene rings is 2. The van der Waals surface area contributed by atoms with Crippen LogP contribution >= 0.6 is 0 Å². The number of aromatic nitrogens is 4. The molecular weight excluding hydrogens is 368 g/mol. The van der Waals surface area contributed by atoms with Crippen LogP contribution in [-0.4, -0.2) is 32.5 Å². The highest BCUT2D eigenvalue weighted by Gasteiger charge is 2.12.